The number of phenols is 1. The fourth-order valence-electron chi connectivity index (χ4n) is 3.92. The zero-order valence-corrected chi connectivity index (χ0v) is 15.3. The third-order valence-corrected chi connectivity index (χ3v) is 5.15. The highest BCUT2D eigenvalue weighted by molar-refractivity contribution is 5.48. The van der Waals surface area contributed by atoms with E-state index < -0.39 is 0 Å². The average Bonchev–Trinajstić information content (AvgIpc) is 2.46. The normalized spacial score (nSPS) is 21.1. The third-order valence-electron chi connectivity index (χ3n) is 5.15. The molecular formula is C22H32O. The van der Waals surface area contributed by atoms with E-state index in [-0.39, 0.29) is 5.92 Å². The van der Waals surface area contributed by atoms with Crippen LogP contribution in [-0.4, -0.2) is 5.11 Å². The van der Waals surface area contributed by atoms with Crippen molar-refractivity contribution in [3.8, 4) is 5.75 Å². The smallest absolute Gasteiger partial charge is 0.119 e. The maximum Gasteiger partial charge on any atom is 0.119 e. The van der Waals surface area contributed by atoms with Gasteiger partial charge < -0.3 is 5.11 Å². The molecule has 0 saturated heterocycles. The van der Waals surface area contributed by atoms with Crippen LogP contribution in [-0.2, 0) is 6.42 Å². The van der Waals surface area contributed by atoms with Gasteiger partial charge in [0.25, 0.3) is 0 Å². The summed E-state index contributed by atoms with van der Waals surface area (Å²) in [5, 5.41) is 10.7. The first-order valence-electron chi connectivity index (χ1n) is 9.09. The summed E-state index contributed by atoms with van der Waals surface area (Å²) in [6.45, 7) is 12.9. The standard InChI is InChI=1S/C22H32O/c1-6-7-8-9-18-12-17(5)14-21(23)22(18)20-13-16(4)10-11-19(20)15(2)3/h12-14,19-20,23H,2,6-11H2,1,3-5H3. The molecule has 1 nitrogen and oxygen atoms in total. The van der Waals surface area contributed by atoms with Gasteiger partial charge in [0.15, 0.2) is 0 Å². The number of aryl methyl sites for hydroxylation is 2. The lowest BCUT2D eigenvalue weighted by atomic mass is 9.72. The van der Waals surface area contributed by atoms with Crippen LogP contribution in [0.3, 0.4) is 0 Å². The lowest BCUT2D eigenvalue weighted by molar-refractivity contribution is 0.433. The molecule has 0 bridgehead atoms. The summed E-state index contributed by atoms with van der Waals surface area (Å²) in [5.41, 5.74) is 6.31. The minimum absolute atomic E-state index is 0.276. The van der Waals surface area contributed by atoms with Crippen molar-refractivity contribution in [3.63, 3.8) is 0 Å². The first-order valence-corrected chi connectivity index (χ1v) is 9.09. The summed E-state index contributed by atoms with van der Waals surface area (Å²) in [5.74, 6) is 1.19. The number of hydrogen-bond acceptors (Lipinski definition) is 1. The largest absolute Gasteiger partial charge is 0.508 e. The van der Waals surface area contributed by atoms with E-state index in [1.54, 1.807) is 0 Å². The third kappa shape index (κ3) is 4.28. The van der Waals surface area contributed by atoms with Gasteiger partial charge in [0, 0.05) is 11.5 Å². The molecule has 2 atom stereocenters. The summed E-state index contributed by atoms with van der Waals surface area (Å²) in [7, 11) is 0. The van der Waals surface area contributed by atoms with Crippen LogP contribution in [0, 0.1) is 12.8 Å². The summed E-state index contributed by atoms with van der Waals surface area (Å²) in [6, 6.07) is 4.20. The van der Waals surface area contributed by atoms with Crippen molar-refractivity contribution < 1.29 is 5.11 Å². The zero-order valence-electron chi connectivity index (χ0n) is 15.3. The summed E-state index contributed by atoms with van der Waals surface area (Å²) in [6.07, 6.45) is 9.39. The molecule has 0 heterocycles. The number of benzene rings is 1. The predicted octanol–water partition coefficient (Wildman–Crippen LogP) is 6.45. The molecule has 0 aliphatic heterocycles. The summed E-state index contributed by atoms with van der Waals surface area (Å²) < 4.78 is 0. The van der Waals surface area contributed by atoms with Crippen molar-refractivity contribution in [1.29, 1.82) is 0 Å². The Bertz CT molecular complexity index is 594. The van der Waals surface area contributed by atoms with E-state index in [0.717, 1.165) is 30.4 Å². The van der Waals surface area contributed by atoms with Crippen LogP contribution in [0.4, 0.5) is 0 Å². The van der Waals surface area contributed by atoms with Crippen molar-refractivity contribution in [2.24, 2.45) is 5.92 Å². The van der Waals surface area contributed by atoms with Gasteiger partial charge >= 0.3 is 0 Å². The topological polar surface area (TPSA) is 20.2 Å². The van der Waals surface area contributed by atoms with Gasteiger partial charge in [0.1, 0.15) is 5.75 Å². The first kappa shape index (κ1) is 17.8. The maximum absolute atomic E-state index is 10.7. The number of unbranched alkanes of at least 4 members (excludes halogenated alkanes) is 2. The van der Waals surface area contributed by atoms with E-state index >= 15 is 0 Å². The van der Waals surface area contributed by atoms with E-state index in [1.807, 2.05) is 6.07 Å². The Hall–Kier alpha value is -1.50. The molecule has 1 aliphatic rings. The van der Waals surface area contributed by atoms with E-state index in [9.17, 15) is 5.11 Å². The highest BCUT2D eigenvalue weighted by Crippen LogP contribution is 2.44. The fraction of sp³-hybridized carbons (Fsp3) is 0.545. The molecule has 126 valence electrons. The molecule has 1 aromatic rings. The van der Waals surface area contributed by atoms with Crippen LogP contribution < -0.4 is 0 Å². The molecule has 2 rings (SSSR count). The molecular weight excluding hydrogens is 280 g/mol. The minimum Gasteiger partial charge on any atom is -0.508 e. The summed E-state index contributed by atoms with van der Waals surface area (Å²) >= 11 is 0. The molecule has 1 heteroatoms. The van der Waals surface area contributed by atoms with Crippen LogP contribution in [0.5, 0.6) is 5.75 Å². The van der Waals surface area contributed by atoms with Gasteiger partial charge in [-0.25, -0.2) is 0 Å². The Kier molecular flexibility index (Phi) is 6.10. The van der Waals surface area contributed by atoms with Crippen molar-refractivity contribution >= 4 is 0 Å². The summed E-state index contributed by atoms with van der Waals surface area (Å²) in [4.78, 5) is 0. The van der Waals surface area contributed by atoms with Crippen molar-refractivity contribution in [2.45, 2.75) is 72.1 Å². The lowest BCUT2D eigenvalue weighted by Crippen LogP contribution is -2.18. The molecule has 0 amide bonds. The van der Waals surface area contributed by atoms with Crippen LogP contribution in [0.2, 0.25) is 0 Å². The predicted molar refractivity (Wildman–Crippen MR) is 100 cm³/mol. The average molecular weight is 312 g/mol. The highest BCUT2D eigenvalue weighted by Gasteiger charge is 2.29. The first-order chi connectivity index (χ1) is 10.9. The van der Waals surface area contributed by atoms with Gasteiger partial charge in [-0.3, -0.25) is 0 Å². The number of hydrogen-bond donors (Lipinski definition) is 1. The molecule has 0 spiro atoms. The Balaban J connectivity index is 2.46. The quantitative estimate of drug-likeness (QED) is 0.473. The second kappa shape index (κ2) is 7.86. The van der Waals surface area contributed by atoms with E-state index in [1.165, 1.54) is 36.0 Å². The van der Waals surface area contributed by atoms with Crippen LogP contribution in [0.1, 0.15) is 75.5 Å². The molecule has 0 aromatic heterocycles. The minimum atomic E-state index is 0.276. The number of allylic oxidation sites excluding steroid dienone is 3. The molecule has 1 N–H and O–H groups in total. The monoisotopic (exact) mass is 312 g/mol. The van der Waals surface area contributed by atoms with Gasteiger partial charge in [-0.1, -0.05) is 49.6 Å². The molecule has 1 aromatic carbocycles. The van der Waals surface area contributed by atoms with Crippen molar-refractivity contribution in [1.82, 2.24) is 0 Å². The molecule has 2 unspecified atom stereocenters. The van der Waals surface area contributed by atoms with Crippen LogP contribution >= 0.6 is 0 Å². The number of aromatic hydroxyl groups is 1. The van der Waals surface area contributed by atoms with Crippen molar-refractivity contribution in [2.75, 3.05) is 0 Å². The van der Waals surface area contributed by atoms with Gasteiger partial charge in [-0.05, 0) is 69.6 Å². The van der Waals surface area contributed by atoms with Gasteiger partial charge in [-0.2, -0.15) is 0 Å². The molecule has 1 aliphatic carbocycles. The van der Waals surface area contributed by atoms with Crippen LogP contribution in [0.25, 0.3) is 0 Å². The Morgan fingerprint density at radius 1 is 1.26 bits per heavy atom. The molecule has 0 radical (unpaired) electrons. The molecule has 23 heavy (non-hydrogen) atoms. The Morgan fingerprint density at radius 2 is 2.00 bits per heavy atom. The molecule has 0 fully saturated rings. The van der Waals surface area contributed by atoms with E-state index in [4.69, 9.17) is 0 Å². The zero-order chi connectivity index (χ0) is 17.0. The van der Waals surface area contributed by atoms with E-state index in [2.05, 4.69) is 46.4 Å². The van der Waals surface area contributed by atoms with Gasteiger partial charge in [0.2, 0.25) is 0 Å². The van der Waals surface area contributed by atoms with Crippen molar-refractivity contribution in [3.05, 3.63) is 52.6 Å². The molecule has 0 saturated carbocycles. The van der Waals surface area contributed by atoms with Gasteiger partial charge in [0.05, 0.1) is 0 Å². The Labute approximate surface area is 142 Å². The fourth-order valence-corrected chi connectivity index (χ4v) is 3.92. The number of rotatable bonds is 6. The lowest BCUT2D eigenvalue weighted by Gasteiger charge is -2.32. The number of phenolic OH excluding ortho intramolecular Hbond substituents is 1. The van der Waals surface area contributed by atoms with E-state index in [0.29, 0.717) is 11.7 Å². The highest BCUT2D eigenvalue weighted by atomic mass is 16.3. The second-order valence-corrected chi connectivity index (χ2v) is 7.34. The van der Waals surface area contributed by atoms with Crippen LogP contribution in [0.15, 0.2) is 35.9 Å². The maximum atomic E-state index is 10.7. The second-order valence-electron chi connectivity index (χ2n) is 7.34. The Morgan fingerprint density at radius 3 is 2.65 bits per heavy atom. The van der Waals surface area contributed by atoms with Gasteiger partial charge in [-0.15, -0.1) is 0 Å². The SMILES string of the molecule is C=C(C)C1CCC(C)=CC1c1c(O)cc(C)cc1CCCCC.